The molecule has 6 heteroatoms. The van der Waals surface area contributed by atoms with Gasteiger partial charge in [-0.2, -0.15) is 0 Å². The van der Waals surface area contributed by atoms with Gasteiger partial charge in [0.05, 0.1) is 5.56 Å². The molecule has 1 aliphatic rings. The van der Waals surface area contributed by atoms with E-state index in [1.54, 1.807) is 30.3 Å². The molecule has 1 saturated carbocycles. The van der Waals surface area contributed by atoms with Crippen LogP contribution in [0.3, 0.4) is 0 Å². The van der Waals surface area contributed by atoms with E-state index in [1.807, 2.05) is 0 Å². The van der Waals surface area contributed by atoms with E-state index in [-0.39, 0.29) is 23.1 Å². The largest absolute Gasteiger partial charge is 0.449 e. The third kappa shape index (κ3) is 4.67. The molecule has 27 heavy (non-hydrogen) atoms. The summed E-state index contributed by atoms with van der Waals surface area (Å²) in [5, 5.41) is 2.76. The molecule has 0 spiro atoms. The van der Waals surface area contributed by atoms with E-state index >= 15 is 0 Å². The van der Waals surface area contributed by atoms with Crippen LogP contribution < -0.4 is 5.32 Å². The molecule has 138 valence electrons. The summed E-state index contributed by atoms with van der Waals surface area (Å²) < 4.78 is 5.14. The highest BCUT2D eigenvalue weighted by atomic mass is 16.5. The van der Waals surface area contributed by atoms with Crippen molar-refractivity contribution in [3.8, 4) is 0 Å². The third-order valence-electron chi connectivity index (χ3n) is 4.20. The molecule has 2 aromatic carbocycles. The lowest BCUT2D eigenvalue weighted by atomic mass is 10.0. The first-order valence-corrected chi connectivity index (χ1v) is 8.71. The van der Waals surface area contributed by atoms with Crippen molar-refractivity contribution in [2.24, 2.45) is 0 Å². The molecule has 0 saturated heterocycles. The molecule has 0 aromatic heterocycles. The fraction of sp³-hybridized carbons (Fsp3) is 0.238. The first-order valence-electron chi connectivity index (χ1n) is 8.71. The molecule has 6 nitrogen and oxygen atoms in total. The second kappa shape index (κ2) is 7.95. The van der Waals surface area contributed by atoms with Crippen LogP contribution in [0.5, 0.6) is 0 Å². The van der Waals surface area contributed by atoms with Gasteiger partial charge in [-0.25, -0.2) is 4.79 Å². The van der Waals surface area contributed by atoms with E-state index < -0.39 is 23.6 Å². The van der Waals surface area contributed by atoms with E-state index in [0.717, 1.165) is 12.8 Å². The smallest absolute Gasteiger partial charge is 0.338 e. The van der Waals surface area contributed by atoms with Gasteiger partial charge in [0, 0.05) is 17.2 Å². The Morgan fingerprint density at radius 2 is 1.37 bits per heavy atom. The Hall–Kier alpha value is -3.28. The SMILES string of the molecule is C[C@@H](OC(=O)c1ccc(C(=O)C(=O)c2ccccc2)cc1)C(=O)NC1CC1. The van der Waals surface area contributed by atoms with Crippen molar-refractivity contribution in [3.63, 3.8) is 0 Å². The second-order valence-corrected chi connectivity index (χ2v) is 6.43. The van der Waals surface area contributed by atoms with Crippen LogP contribution in [0.25, 0.3) is 0 Å². The van der Waals surface area contributed by atoms with Gasteiger partial charge >= 0.3 is 5.97 Å². The van der Waals surface area contributed by atoms with Crippen molar-refractivity contribution >= 4 is 23.4 Å². The van der Waals surface area contributed by atoms with E-state index in [2.05, 4.69) is 5.32 Å². The first kappa shape index (κ1) is 18.5. The van der Waals surface area contributed by atoms with Crippen LogP contribution >= 0.6 is 0 Å². The van der Waals surface area contributed by atoms with Gasteiger partial charge < -0.3 is 10.1 Å². The zero-order valence-corrected chi connectivity index (χ0v) is 14.8. The summed E-state index contributed by atoms with van der Waals surface area (Å²) in [6.07, 6.45) is 0.992. The number of Topliss-reactive ketones (excluding diaryl/α,β-unsaturated/α-hetero) is 2. The molecule has 0 radical (unpaired) electrons. The Balaban J connectivity index is 1.62. The lowest BCUT2D eigenvalue weighted by Crippen LogP contribution is -2.37. The molecule has 0 unspecified atom stereocenters. The minimum Gasteiger partial charge on any atom is -0.449 e. The second-order valence-electron chi connectivity index (χ2n) is 6.43. The number of esters is 1. The summed E-state index contributed by atoms with van der Waals surface area (Å²) in [7, 11) is 0. The summed E-state index contributed by atoms with van der Waals surface area (Å²) in [5.41, 5.74) is 0.686. The molecule has 1 fully saturated rings. The molecule has 1 atom stereocenters. The summed E-state index contributed by atoms with van der Waals surface area (Å²) in [6, 6.07) is 14.0. The molecule has 1 amide bonds. The Labute approximate surface area is 156 Å². The highest BCUT2D eigenvalue weighted by Crippen LogP contribution is 2.19. The number of ether oxygens (including phenoxy) is 1. The van der Waals surface area contributed by atoms with Gasteiger partial charge in [0.15, 0.2) is 6.10 Å². The van der Waals surface area contributed by atoms with E-state index in [1.165, 1.54) is 31.2 Å². The number of rotatable bonds is 7. The van der Waals surface area contributed by atoms with Gasteiger partial charge in [0.1, 0.15) is 0 Å². The number of nitrogens with one attached hydrogen (secondary N) is 1. The van der Waals surface area contributed by atoms with Gasteiger partial charge in [-0.3, -0.25) is 14.4 Å². The number of carbonyl (C=O) groups excluding carboxylic acids is 4. The molecule has 0 bridgehead atoms. The highest BCUT2D eigenvalue weighted by molar-refractivity contribution is 6.49. The predicted octanol–water partition coefficient (Wildman–Crippen LogP) is 2.58. The zero-order valence-electron chi connectivity index (χ0n) is 14.8. The van der Waals surface area contributed by atoms with Gasteiger partial charge in [-0.15, -0.1) is 0 Å². The third-order valence-corrected chi connectivity index (χ3v) is 4.20. The van der Waals surface area contributed by atoms with Gasteiger partial charge in [-0.1, -0.05) is 42.5 Å². The lowest BCUT2D eigenvalue weighted by Gasteiger charge is -2.13. The highest BCUT2D eigenvalue weighted by Gasteiger charge is 2.27. The fourth-order valence-electron chi connectivity index (χ4n) is 2.44. The Morgan fingerprint density at radius 3 is 1.93 bits per heavy atom. The maximum Gasteiger partial charge on any atom is 0.338 e. The Bertz CT molecular complexity index is 869. The Kier molecular flexibility index (Phi) is 5.45. The average molecular weight is 365 g/mol. The van der Waals surface area contributed by atoms with Crippen molar-refractivity contribution < 1.29 is 23.9 Å². The minimum absolute atomic E-state index is 0.180. The van der Waals surface area contributed by atoms with E-state index in [4.69, 9.17) is 4.74 Å². The van der Waals surface area contributed by atoms with Gasteiger partial charge in [-0.05, 0) is 31.9 Å². The monoisotopic (exact) mass is 365 g/mol. The van der Waals surface area contributed by atoms with Crippen LogP contribution in [0, 0.1) is 0 Å². The van der Waals surface area contributed by atoms with Crippen LogP contribution in [0.4, 0.5) is 0 Å². The molecule has 0 aliphatic heterocycles. The lowest BCUT2D eigenvalue weighted by molar-refractivity contribution is -0.129. The minimum atomic E-state index is -0.904. The molecule has 0 heterocycles. The van der Waals surface area contributed by atoms with Crippen molar-refractivity contribution in [2.75, 3.05) is 0 Å². The average Bonchev–Trinajstić information content (AvgIpc) is 3.51. The number of benzene rings is 2. The maximum atomic E-state index is 12.3. The predicted molar refractivity (Wildman–Crippen MR) is 97.6 cm³/mol. The van der Waals surface area contributed by atoms with Crippen LogP contribution in [0.15, 0.2) is 54.6 Å². The van der Waals surface area contributed by atoms with Crippen LogP contribution in [-0.4, -0.2) is 35.6 Å². The normalized spacial score (nSPS) is 14.1. The van der Waals surface area contributed by atoms with E-state index in [0.29, 0.717) is 5.56 Å². The summed E-state index contributed by atoms with van der Waals surface area (Å²) in [5.74, 6) is -2.26. The van der Waals surface area contributed by atoms with Crippen LogP contribution in [0.2, 0.25) is 0 Å². The van der Waals surface area contributed by atoms with Crippen molar-refractivity contribution in [2.45, 2.75) is 31.9 Å². The molecule has 2 aromatic rings. The summed E-state index contributed by atoms with van der Waals surface area (Å²) in [4.78, 5) is 48.5. The standard InChI is InChI=1S/C21H19NO5/c1-13(20(25)22-17-11-12-17)27-21(26)16-9-7-15(8-10-16)19(24)18(23)14-5-3-2-4-6-14/h2-10,13,17H,11-12H2,1H3,(H,22,25)/t13-/m1/s1. The Morgan fingerprint density at radius 1 is 0.852 bits per heavy atom. The number of hydrogen-bond acceptors (Lipinski definition) is 5. The molecular formula is C21H19NO5. The van der Waals surface area contributed by atoms with Crippen molar-refractivity contribution in [1.82, 2.24) is 5.32 Å². The molecule has 1 aliphatic carbocycles. The number of carbonyl (C=O) groups is 4. The number of amides is 1. The van der Waals surface area contributed by atoms with Crippen molar-refractivity contribution in [3.05, 3.63) is 71.3 Å². The van der Waals surface area contributed by atoms with Crippen molar-refractivity contribution in [1.29, 1.82) is 0 Å². The summed E-state index contributed by atoms with van der Waals surface area (Å²) in [6.45, 7) is 1.51. The fourth-order valence-corrected chi connectivity index (χ4v) is 2.44. The molecular weight excluding hydrogens is 346 g/mol. The molecule has 1 N–H and O–H groups in total. The number of ketones is 2. The number of hydrogen-bond donors (Lipinski definition) is 1. The maximum absolute atomic E-state index is 12.3. The molecule has 3 rings (SSSR count). The first-order chi connectivity index (χ1) is 13.0. The van der Waals surface area contributed by atoms with Gasteiger partial charge in [0.2, 0.25) is 11.6 Å². The van der Waals surface area contributed by atoms with Crippen LogP contribution in [-0.2, 0) is 9.53 Å². The topological polar surface area (TPSA) is 89.5 Å². The zero-order chi connectivity index (χ0) is 19.4. The van der Waals surface area contributed by atoms with Crippen LogP contribution in [0.1, 0.15) is 50.8 Å². The van der Waals surface area contributed by atoms with Gasteiger partial charge in [0.25, 0.3) is 5.91 Å². The summed E-state index contributed by atoms with van der Waals surface area (Å²) >= 11 is 0. The van der Waals surface area contributed by atoms with E-state index in [9.17, 15) is 19.2 Å². The quantitative estimate of drug-likeness (QED) is 0.463.